The first-order valence-electron chi connectivity index (χ1n) is 7.20. The van der Waals surface area contributed by atoms with E-state index in [0.29, 0.717) is 0 Å². The maximum absolute atomic E-state index is 4.48. The van der Waals surface area contributed by atoms with E-state index in [4.69, 9.17) is 0 Å². The third kappa shape index (κ3) is 3.23. The Hall–Kier alpha value is -2.88. The zero-order valence-electron chi connectivity index (χ0n) is 12.7. The van der Waals surface area contributed by atoms with Crippen molar-refractivity contribution in [3.63, 3.8) is 0 Å². The van der Waals surface area contributed by atoms with Crippen molar-refractivity contribution in [3.8, 4) is 5.69 Å². The molecule has 0 unspecified atom stereocenters. The van der Waals surface area contributed by atoms with E-state index in [9.17, 15) is 0 Å². The van der Waals surface area contributed by atoms with Gasteiger partial charge in [0.2, 0.25) is 0 Å². The summed E-state index contributed by atoms with van der Waals surface area (Å²) >= 11 is 0. The van der Waals surface area contributed by atoms with Crippen LogP contribution in [0.2, 0.25) is 0 Å². The van der Waals surface area contributed by atoms with Crippen LogP contribution >= 0.6 is 0 Å². The summed E-state index contributed by atoms with van der Waals surface area (Å²) < 4.78 is 1.94. The highest BCUT2D eigenvalue weighted by Gasteiger charge is 2.02. The lowest BCUT2D eigenvalue weighted by atomic mass is 10.2. The van der Waals surface area contributed by atoms with Crippen molar-refractivity contribution >= 4 is 11.9 Å². The molecule has 4 heteroatoms. The van der Waals surface area contributed by atoms with E-state index < -0.39 is 0 Å². The zero-order valence-corrected chi connectivity index (χ0v) is 12.7. The molecule has 0 atom stereocenters. The summed E-state index contributed by atoms with van der Waals surface area (Å²) in [5.74, 6) is 0. The van der Waals surface area contributed by atoms with Crippen LogP contribution in [0.4, 0.5) is 5.69 Å². The second-order valence-corrected chi connectivity index (χ2v) is 5.17. The number of nitrogens with one attached hydrogen (secondary N) is 1. The number of hydrogen-bond acceptors (Lipinski definition) is 3. The highest BCUT2D eigenvalue weighted by molar-refractivity contribution is 5.80. The molecule has 1 N–H and O–H groups in total. The minimum atomic E-state index is 0.970. The fraction of sp³-hybridized carbons (Fsp3) is 0.111. The molecule has 0 fully saturated rings. The minimum Gasteiger partial charge on any atom is -0.279 e. The minimum absolute atomic E-state index is 0.970. The van der Waals surface area contributed by atoms with Crippen molar-refractivity contribution in [2.24, 2.45) is 5.10 Å². The van der Waals surface area contributed by atoms with Crippen LogP contribution in [0.3, 0.4) is 0 Å². The van der Waals surface area contributed by atoms with Gasteiger partial charge in [-0.15, -0.1) is 0 Å². The van der Waals surface area contributed by atoms with Gasteiger partial charge in [-0.3, -0.25) is 5.43 Å². The standard InChI is InChI=1S/C18H18N4/c1-14-12-15(2)22(21-14)18-10-8-16(9-11-18)13-19-20-17-6-4-3-5-7-17/h3-13,20H,1-2H3. The Kier molecular flexibility index (Phi) is 4.01. The largest absolute Gasteiger partial charge is 0.279 e. The molecule has 1 aromatic heterocycles. The molecule has 22 heavy (non-hydrogen) atoms. The van der Waals surface area contributed by atoms with Gasteiger partial charge in [-0.05, 0) is 49.7 Å². The van der Waals surface area contributed by atoms with Gasteiger partial charge in [-0.2, -0.15) is 10.2 Å². The van der Waals surface area contributed by atoms with Crippen molar-refractivity contribution < 1.29 is 0 Å². The number of aromatic nitrogens is 2. The SMILES string of the molecule is Cc1cc(C)n(-c2ccc(C=NNc3ccccc3)cc2)n1. The molecule has 0 saturated carbocycles. The Bertz CT molecular complexity index is 771. The molecule has 0 aliphatic carbocycles. The maximum atomic E-state index is 4.48. The molecule has 3 rings (SSSR count). The van der Waals surface area contributed by atoms with E-state index in [2.05, 4.69) is 28.6 Å². The van der Waals surface area contributed by atoms with Crippen LogP contribution in [0, 0.1) is 13.8 Å². The molecular weight excluding hydrogens is 272 g/mol. The predicted octanol–water partition coefficient (Wildman–Crippen LogP) is 3.94. The van der Waals surface area contributed by atoms with Crippen LogP contribution in [0.1, 0.15) is 17.0 Å². The maximum Gasteiger partial charge on any atom is 0.0649 e. The Morgan fingerprint density at radius 3 is 2.36 bits per heavy atom. The first kappa shape index (κ1) is 14.1. The summed E-state index contributed by atoms with van der Waals surface area (Å²) in [7, 11) is 0. The molecule has 2 aromatic carbocycles. The third-order valence-corrected chi connectivity index (χ3v) is 3.33. The van der Waals surface area contributed by atoms with Gasteiger partial charge in [-0.1, -0.05) is 30.3 Å². The van der Waals surface area contributed by atoms with Crippen molar-refractivity contribution in [2.45, 2.75) is 13.8 Å². The summed E-state index contributed by atoms with van der Waals surface area (Å²) in [6.45, 7) is 4.05. The van der Waals surface area contributed by atoms with Crippen molar-refractivity contribution in [2.75, 3.05) is 5.43 Å². The molecule has 0 spiro atoms. The number of para-hydroxylation sites is 1. The van der Waals surface area contributed by atoms with Gasteiger partial charge >= 0.3 is 0 Å². The molecule has 0 aliphatic heterocycles. The summed E-state index contributed by atoms with van der Waals surface area (Å²) in [6, 6.07) is 20.1. The van der Waals surface area contributed by atoms with E-state index >= 15 is 0 Å². The molecule has 0 bridgehead atoms. The van der Waals surface area contributed by atoms with Crippen LogP contribution in [0.25, 0.3) is 5.69 Å². The summed E-state index contributed by atoms with van der Waals surface area (Å²) in [4.78, 5) is 0. The average Bonchev–Trinajstić information content (AvgIpc) is 2.88. The third-order valence-electron chi connectivity index (χ3n) is 3.33. The number of benzene rings is 2. The second kappa shape index (κ2) is 6.26. The number of anilines is 1. The monoisotopic (exact) mass is 290 g/mol. The van der Waals surface area contributed by atoms with Crippen LogP contribution in [-0.4, -0.2) is 16.0 Å². The van der Waals surface area contributed by atoms with Gasteiger partial charge in [0, 0.05) is 5.69 Å². The molecule has 0 amide bonds. The van der Waals surface area contributed by atoms with Crippen LogP contribution < -0.4 is 5.43 Å². The number of nitrogens with zero attached hydrogens (tertiary/aromatic N) is 3. The molecule has 4 nitrogen and oxygen atoms in total. The summed E-state index contributed by atoms with van der Waals surface area (Å²) in [6.07, 6.45) is 1.80. The van der Waals surface area contributed by atoms with Gasteiger partial charge in [0.15, 0.2) is 0 Å². The van der Waals surface area contributed by atoms with Gasteiger partial charge in [0.1, 0.15) is 0 Å². The Balaban J connectivity index is 1.70. The molecule has 3 aromatic rings. The average molecular weight is 290 g/mol. The lowest BCUT2D eigenvalue weighted by molar-refractivity contribution is 0.833. The molecule has 0 aliphatic rings. The van der Waals surface area contributed by atoms with E-state index in [-0.39, 0.29) is 0 Å². The highest BCUT2D eigenvalue weighted by atomic mass is 15.3. The molecule has 110 valence electrons. The lowest BCUT2D eigenvalue weighted by Gasteiger charge is -2.04. The lowest BCUT2D eigenvalue weighted by Crippen LogP contribution is -1.99. The quantitative estimate of drug-likeness (QED) is 0.584. The summed E-state index contributed by atoms with van der Waals surface area (Å²) in [5, 5.41) is 8.72. The Morgan fingerprint density at radius 1 is 1.00 bits per heavy atom. The van der Waals surface area contributed by atoms with E-state index in [1.165, 1.54) is 0 Å². The van der Waals surface area contributed by atoms with E-state index in [1.807, 2.05) is 66.2 Å². The fourth-order valence-corrected chi connectivity index (χ4v) is 2.29. The molecule has 0 radical (unpaired) electrons. The normalized spacial score (nSPS) is 11.0. The first-order chi connectivity index (χ1) is 10.7. The number of hydrazone groups is 1. The topological polar surface area (TPSA) is 42.2 Å². The zero-order chi connectivity index (χ0) is 15.4. The number of aryl methyl sites for hydroxylation is 2. The van der Waals surface area contributed by atoms with Crippen LogP contribution in [0.15, 0.2) is 65.8 Å². The smallest absolute Gasteiger partial charge is 0.0649 e. The second-order valence-electron chi connectivity index (χ2n) is 5.17. The van der Waals surface area contributed by atoms with Gasteiger partial charge < -0.3 is 0 Å². The first-order valence-corrected chi connectivity index (χ1v) is 7.20. The molecule has 1 heterocycles. The van der Waals surface area contributed by atoms with Crippen molar-refractivity contribution in [1.29, 1.82) is 0 Å². The fourth-order valence-electron chi connectivity index (χ4n) is 2.29. The van der Waals surface area contributed by atoms with E-state index in [0.717, 1.165) is 28.3 Å². The Labute approximate surface area is 130 Å². The molecular formula is C18H18N4. The van der Waals surface area contributed by atoms with Crippen molar-refractivity contribution in [3.05, 3.63) is 77.6 Å². The van der Waals surface area contributed by atoms with Gasteiger partial charge in [0.25, 0.3) is 0 Å². The van der Waals surface area contributed by atoms with Crippen molar-refractivity contribution in [1.82, 2.24) is 9.78 Å². The van der Waals surface area contributed by atoms with E-state index in [1.54, 1.807) is 6.21 Å². The number of hydrogen-bond donors (Lipinski definition) is 1. The Morgan fingerprint density at radius 2 is 1.73 bits per heavy atom. The summed E-state index contributed by atoms with van der Waals surface area (Å²) in [5.41, 5.74) is 8.22. The highest BCUT2D eigenvalue weighted by Crippen LogP contribution is 2.12. The van der Waals surface area contributed by atoms with Gasteiger partial charge in [-0.25, -0.2) is 4.68 Å². The van der Waals surface area contributed by atoms with Crippen LogP contribution in [0.5, 0.6) is 0 Å². The van der Waals surface area contributed by atoms with Crippen LogP contribution in [-0.2, 0) is 0 Å². The predicted molar refractivity (Wildman–Crippen MR) is 90.7 cm³/mol. The number of rotatable bonds is 4. The molecule has 0 saturated heterocycles. The van der Waals surface area contributed by atoms with Gasteiger partial charge in [0.05, 0.1) is 23.3 Å².